The van der Waals surface area contributed by atoms with Crippen LogP contribution < -0.4 is 5.32 Å². The van der Waals surface area contributed by atoms with Gasteiger partial charge in [0.25, 0.3) is 0 Å². The number of halogens is 1. The summed E-state index contributed by atoms with van der Waals surface area (Å²) in [4.78, 5) is 35.9. The number of esters is 2. The first kappa shape index (κ1) is 19.9. The first-order chi connectivity index (χ1) is 11.5. The van der Waals surface area contributed by atoms with Gasteiger partial charge in [0, 0.05) is 5.33 Å². The quantitative estimate of drug-likeness (QED) is 0.392. The minimum absolute atomic E-state index is 0.133. The molecule has 0 saturated carbocycles. The second-order valence-corrected chi connectivity index (χ2v) is 5.50. The summed E-state index contributed by atoms with van der Waals surface area (Å²) in [6.07, 6.45) is 0.170. The second-order valence-electron chi connectivity index (χ2n) is 4.70. The summed E-state index contributed by atoms with van der Waals surface area (Å²) in [6.45, 7) is 5.15. The van der Waals surface area contributed by atoms with Crippen molar-refractivity contribution in [1.82, 2.24) is 5.32 Å². The number of benzene rings is 1. The fraction of sp³-hybridized carbons (Fsp3) is 0.353. The first-order valence-electron chi connectivity index (χ1n) is 7.43. The molecule has 0 aliphatic rings. The summed E-state index contributed by atoms with van der Waals surface area (Å²) in [7, 11) is 0. The van der Waals surface area contributed by atoms with Gasteiger partial charge in [-0.3, -0.25) is 9.59 Å². The van der Waals surface area contributed by atoms with E-state index in [9.17, 15) is 14.4 Å². The minimum Gasteiger partial charge on any atom is -0.464 e. The molecule has 0 aliphatic carbocycles. The van der Waals surface area contributed by atoms with Gasteiger partial charge in [0.05, 0.1) is 13.0 Å². The van der Waals surface area contributed by atoms with Crippen LogP contribution in [0, 0.1) is 0 Å². The van der Waals surface area contributed by atoms with Gasteiger partial charge in [-0.25, -0.2) is 4.79 Å². The number of rotatable bonds is 9. The monoisotopic (exact) mass is 397 g/mol. The molecule has 1 rings (SSSR count). The topological polar surface area (TPSA) is 81.7 Å². The van der Waals surface area contributed by atoms with Crippen molar-refractivity contribution in [2.75, 3.05) is 11.9 Å². The lowest BCUT2D eigenvalue weighted by Gasteiger charge is -2.26. The molecule has 0 bridgehead atoms. The lowest BCUT2D eigenvalue weighted by molar-refractivity contribution is -0.159. The summed E-state index contributed by atoms with van der Waals surface area (Å²) < 4.78 is 10.4. The van der Waals surface area contributed by atoms with Crippen molar-refractivity contribution in [3.05, 3.63) is 48.6 Å². The van der Waals surface area contributed by atoms with Crippen LogP contribution in [0.25, 0.3) is 0 Å². The maximum atomic E-state index is 12.3. The Hall–Kier alpha value is -2.15. The van der Waals surface area contributed by atoms with Crippen molar-refractivity contribution in [2.24, 2.45) is 0 Å². The molecule has 0 spiro atoms. The Morgan fingerprint density at radius 3 is 2.50 bits per heavy atom. The Bertz CT molecular complexity index is 576. The molecule has 0 aliphatic heterocycles. The van der Waals surface area contributed by atoms with Gasteiger partial charge in [0.15, 0.2) is 12.1 Å². The Labute approximate surface area is 149 Å². The van der Waals surface area contributed by atoms with E-state index in [0.717, 1.165) is 6.08 Å². The van der Waals surface area contributed by atoms with Gasteiger partial charge < -0.3 is 14.8 Å². The predicted octanol–water partition coefficient (Wildman–Crippen LogP) is 2.29. The van der Waals surface area contributed by atoms with E-state index in [1.807, 2.05) is 0 Å². The van der Waals surface area contributed by atoms with Crippen LogP contribution in [-0.2, 0) is 23.9 Å². The summed E-state index contributed by atoms with van der Waals surface area (Å²) >= 11 is 3.16. The SMILES string of the molecule is C=CC(=O)N[C@@H](C(=O)OCC)C(OC(=O)CCBr)c1ccccc1. The molecule has 0 heterocycles. The molecule has 2 atom stereocenters. The highest BCUT2D eigenvalue weighted by atomic mass is 79.9. The van der Waals surface area contributed by atoms with E-state index in [4.69, 9.17) is 9.47 Å². The normalized spacial score (nSPS) is 12.6. The van der Waals surface area contributed by atoms with Gasteiger partial charge in [-0.05, 0) is 18.6 Å². The van der Waals surface area contributed by atoms with Gasteiger partial charge >= 0.3 is 11.9 Å². The van der Waals surface area contributed by atoms with Crippen LogP contribution in [0.15, 0.2) is 43.0 Å². The van der Waals surface area contributed by atoms with Crippen molar-refractivity contribution in [1.29, 1.82) is 0 Å². The lowest BCUT2D eigenvalue weighted by atomic mass is 10.0. The molecule has 1 unspecified atom stereocenters. The van der Waals surface area contributed by atoms with E-state index < -0.39 is 30.0 Å². The average molecular weight is 398 g/mol. The lowest BCUT2D eigenvalue weighted by Crippen LogP contribution is -2.46. The van der Waals surface area contributed by atoms with Gasteiger partial charge in [-0.15, -0.1) is 0 Å². The van der Waals surface area contributed by atoms with E-state index in [1.54, 1.807) is 37.3 Å². The van der Waals surface area contributed by atoms with Gasteiger partial charge in [-0.2, -0.15) is 0 Å². The van der Waals surface area contributed by atoms with Crippen LogP contribution in [0.4, 0.5) is 0 Å². The fourth-order valence-corrected chi connectivity index (χ4v) is 2.28. The molecule has 6 nitrogen and oxygen atoms in total. The van der Waals surface area contributed by atoms with Crippen LogP contribution in [0.2, 0.25) is 0 Å². The van der Waals surface area contributed by atoms with Crippen molar-refractivity contribution in [3.63, 3.8) is 0 Å². The van der Waals surface area contributed by atoms with Crippen molar-refractivity contribution in [2.45, 2.75) is 25.5 Å². The molecular formula is C17H20BrNO5. The number of alkyl halides is 1. The zero-order valence-corrected chi connectivity index (χ0v) is 15.0. The molecular weight excluding hydrogens is 378 g/mol. The van der Waals surface area contributed by atoms with Gasteiger partial charge in [0.2, 0.25) is 5.91 Å². The Morgan fingerprint density at radius 1 is 1.29 bits per heavy atom. The summed E-state index contributed by atoms with van der Waals surface area (Å²) in [5.41, 5.74) is 0.572. The van der Waals surface area contributed by atoms with Gasteiger partial charge in [-0.1, -0.05) is 52.8 Å². The smallest absolute Gasteiger partial charge is 0.332 e. The molecule has 24 heavy (non-hydrogen) atoms. The molecule has 1 aromatic carbocycles. The zero-order chi connectivity index (χ0) is 17.9. The average Bonchev–Trinajstić information content (AvgIpc) is 2.58. The molecule has 0 radical (unpaired) electrons. The van der Waals surface area contributed by atoms with Crippen molar-refractivity contribution < 1.29 is 23.9 Å². The highest BCUT2D eigenvalue weighted by molar-refractivity contribution is 9.09. The molecule has 130 valence electrons. The minimum atomic E-state index is -1.17. The molecule has 1 N–H and O–H groups in total. The van der Waals surface area contributed by atoms with E-state index >= 15 is 0 Å². The Kier molecular flexibility index (Phi) is 8.78. The number of carbonyl (C=O) groups excluding carboxylic acids is 3. The van der Waals surface area contributed by atoms with Crippen molar-refractivity contribution >= 4 is 33.8 Å². The zero-order valence-electron chi connectivity index (χ0n) is 13.4. The predicted molar refractivity (Wildman–Crippen MR) is 92.4 cm³/mol. The summed E-state index contributed by atoms with van der Waals surface area (Å²) in [6, 6.07) is 7.53. The summed E-state index contributed by atoms with van der Waals surface area (Å²) in [5.74, 6) is -1.75. The number of ether oxygens (including phenoxy) is 2. The number of amides is 1. The van der Waals surface area contributed by atoms with Gasteiger partial charge in [0.1, 0.15) is 0 Å². The van der Waals surface area contributed by atoms with E-state index in [-0.39, 0.29) is 13.0 Å². The summed E-state index contributed by atoms with van der Waals surface area (Å²) in [5, 5.41) is 2.90. The van der Waals surface area contributed by atoms with E-state index in [1.165, 1.54) is 0 Å². The maximum absolute atomic E-state index is 12.3. The largest absolute Gasteiger partial charge is 0.464 e. The molecule has 0 fully saturated rings. The van der Waals surface area contributed by atoms with Crippen LogP contribution in [0.3, 0.4) is 0 Å². The molecule has 0 aromatic heterocycles. The standard InChI is InChI=1S/C17H20BrNO5/c1-3-13(20)19-15(17(22)23-4-2)16(24-14(21)10-11-18)12-8-6-5-7-9-12/h3,5-9,15-16H,1,4,10-11H2,2H3,(H,19,20)/t15-,16?/m1/s1. The van der Waals surface area contributed by atoms with Crippen molar-refractivity contribution in [3.8, 4) is 0 Å². The number of hydrogen-bond donors (Lipinski definition) is 1. The highest BCUT2D eigenvalue weighted by Crippen LogP contribution is 2.23. The third kappa shape index (κ3) is 6.16. The van der Waals surface area contributed by atoms with Crippen LogP contribution in [0.5, 0.6) is 0 Å². The fourth-order valence-electron chi connectivity index (χ4n) is 1.95. The second kappa shape index (κ2) is 10.6. The third-order valence-electron chi connectivity index (χ3n) is 3.01. The molecule has 7 heteroatoms. The maximum Gasteiger partial charge on any atom is 0.332 e. The van der Waals surface area contributed by atoms with Crippen LogP contribution in [-0.4, -0.2) is 35.8 Å². The third-order valence-corrected chi connectivity index (χ3v) is 3.41. The molecule has 0 saturated heterocycles. The number of hydrogen-bond acceptors (Lipinski definition) is 5. The van der Waals surface area contributed by atoms with Crippen LogP contribution >= 0.6 is 15.9 Å². The molecule has 1 aromatic rings. The van der Waals surface area contributed by atoms with Crippen LogP contribution in [0.1, 0.15) is 25.0 Å². The molecule has 1 amide bonds. The van der Waals surface area contributed by atoms with E-state index in [0.29, 0.717) is 10.9 Å². The Morgan fingerprint density at radius 2 is 1.96 bits per heavy atom. The Balaban J connectivity index is 3.17. The number of nitrogens with one attached hydrogen (secondary N) is 1. The number of carbonyl (C=O) groups is 3. The van der Waals surface area contributed by atoms with E-state index in [2.05, 4.69) is 27.8 Å². The first-order valence-corrected chi connectivity index (χ1v) is 8.55. The highest BCUT2D eigenvalue weighted by Gasteiger charge is 2.34.